The van der Waals surface area contributed by atoms with Gasteiger partial charge in [0.05, 0.1) is 16.8 Å². The summed E-state index contributed by atoms with van der Waals surface area (Å²) in [4.78, 5) is 18.8. The maximum Gasteiger partial charge on any atom is 0.323 e. The summed E-state index contributed by atoms with van der Waals surface area (Å²) < 4.78 is 1.12. The minimum atomic E-state index is -0.283. The molecule has 0 fully saturated rings. The van der Waals surface area contributed by atoms with Crippen LogP contribution in [-0.4, -0.2) is 33.2 Å². The van der Waals surface area contributed by atoms with E-state index in [-0.39, 0.29) is 11.4 Å². The SMILES string of the molecule is CN(Cc1nc2ccccc2s1)C(=O)Nc1nnc(C(C)(C)c2ccccc2)s1. The van der Waals surface area contributed by atoms with Crippen molar-refractivity contribution in [2.24, 2.45) is 0 Å². The van der Waals surface area contributed by atoms with E-state index < -0.39 is 0 Å². The number of para-hydroxylation sites is 1. The number of aromatic nitrogens is 3. The van der Waals surface area contributed by atoms with Gasteiger partial charge in [0.1, 0.15) is 10.0 Å². The van der Waals surface area contributed by atoms with Gasteiger partial charge in [0, 0.05) is 12.5 Å². The quantitative estimate of drug-likeness (QED) is 0.483. The molecule has 148 valence electrons. The summed E-state index contributed by atoms with van der Waals surface area (Å²) in [6.07, 6.45) is 0. The first-order valence-electron chi connectivity index (χ1n) is 9.19. The lowest BCUT2D eigenvalue weighted by atomic mass is 9.85. The first-order chi connectivity index (χ1) is 13.9. The van der Waals surface area contributed by atoms with E-state index in [1.165, 1.54) is 11.3 Å². The third-order valence-corrected chi connectivity index (χ3v) is 6.91. The number of fused-ring (bicyclic) bond motifs is 1. The number of rotatable bonds is 5. The van der Waals surface area contributed by atoms with Gasteiger partial charge in [0.25, 0.3) is 0 Å². The van der Waals surface area contributed by atoms with E-state index in [1.807, 2.05) is 42.5 Å². The maximum atomic E-state index is 12.6. The molecule has 0 radical (unpaired) electrons. The summed E-state index contributed by atoms with van der Waals surface area (Å²) in [5.74, 6) is 0. The zero-order valence-electron chi connectivity index (χ0n) is 16.4. The molecule has 29 heavy (non-hydrogen) atoms. The van der Waals surface area contributed by atoms with E-state index in [9.17, 15) is 4.79 Å². The lowest BCUT2D eigenvalue weighted by molar-refractivity contribution is 0.220. The number of thiazole rings is 1. The Bertz CT molecular complexity index is 1100. The lowest BCUT2D eigenvalue weighted by Gasteiger charge is -2.21. The van der Waals surface area contributed by atoms with Crippen molar-refractivity contribution in [1.29, 1.82) is 0 Å². The predicted octanol–water partition coefficient (Wildman–Crippen LogP) is 5.14. The summed E-state index contributed by atoms with van der Waals surface area (Å²) in [6, 6.07) is 17.9. The number of urea groups is 1. The van der Waals surface area contributed by atoms with Gasteiger partial charge in [-0.3, -0.25) is 5.32 Å². The molecule has 6 nitrogen and oxygen atoms in total. The molecule has 8 heteroatoms. The molecule has 0 spiro atoms. The standard InChI is InChI=1S/C21H21N5OS2/c1-21(2,14-9-5-4-6-10-14)18-24-25-19(29-18)23-20(27)26(3)13-17-22-15-11-7-8-12-16(15)28-17/h4-12H,13H2,1-3H3,(H,23,25,27). The second-order valence-electron chi connectivity index (χ2n) is 7.26. The van der Waals surface area contributed by atoms with E-state index in [2.05, 4.69) is 46.5 Å². The average Bonchev–Trinajstić information content (AvgIpc) is 3.35. The number of amides is 2. The minimum absolute atomic E-state index is 0.232. The summed E-state index contributed by atoms with van der Waals surface area (Å²) in [7, 11) is 1.75. The van der Waals surface area contributed by atoms with Crippen molar-refractivity contribution in [3.05, 3.63) is 70.2 Å². The van der Waals surface area contributed by atoms with Crippen LogP contribution >= 0.6 is 22.7 Å². The molecule has 0 aliphatic rings. The lowest BCUT2D eigenvalue weighted by Crippen LogP contribution is -2.30. The zero-order valence-corrected chi connectivity index (χ0v) is 18.0. The Hall–Kier alpha value is -2.84. The number of carbonyl (C=O) groups is 1. The van der Waals surface area contributed by atoms with Gasteiger partial charge in [0.2, 0.25) is 5.13 Å². The molecule has 4 aromatic rings. The molecule has 2 amide bonds. The molecule has 0 unspecified atom stereocenters. The second-order valence-corrected chi connectivity index (χ2v) is 9.36. The Kier molecular flexibility index (Phi) is 5.29. The van der Waals surface area contributed by atoms with Gasteiger partial charge >= 0.3 is 6.03 Å². The third kappa shape index (κ3) is 4.13. The molecule has 0 aliphatic carbocycles. The number of nitrogens with zero attached hydrogens (tertiary/aromatic N) is 4. The average molecular weight is 424 g/mol. The molecule has 2 aromatic carbocycles. The first kappa shape index (κ1) is 19.5. The number of hydrogen-bond donors (Lipinski definition) is 1. The van der Waals surface area contributed by atoms with Crippen LogP contribution in [0.2, 0.25) is 0 Å². The fourth-order valence-corrected chi connectivity index (χ4v) is 4.83. The van der Waals surface area contributed by atoms with Crippen molar-refractivity contribution in [1.82, 2.24) is 20.1 Å². The highest BCUT2D eigenvalue weighted by atomic mass is 32.1. The Balaban J connectivity index is 1.43. The third-order valence-electron chi connectivity index (χ3n) is 4.73. The molecule has 0 bridgehead atoms. The van der Waals surface area contributed by atoms with Gasteiger partial charge in [-0.2, -0.15) is 0 Å². The Morgan fingerprint density at radius 3 is 2.52 bits per heavy atom. The van der Waals surface area contributed by atoms with Crippen molar-refractivity contribution < 1.29 is 4.79 Å². The van der Waals surface area contributed by atoms with Crippen LogP contribution in [0.3, 0.4) is 0 Å². The van der Waals surface area contributed by atoms with Crippen LogP contribution in [0.15, 0.2) is 54.6 Å². The second kappa shape index (κ2) is 7.88. The molecular weight excluding hydrogens is 402 g/mol. The van der Waals surface area contributed by atoms with E-state index in [1.54, 1.807) is 23.3 Å². The smallest absolute Gasteiger partial charge is 0.321 e. The number of hydrogen-bond acceptors (Lipinski definition) is 6. The van der Waals surface area contributed by atoms with Crippen molar-refractivity contribution >= 4 is 44.1 Å². The van der Waals surface area contributed by atoms with Crippen molar-refractivity contribution in [2.75, 3.05) is 12.4 Å². The highest BCUT2D eigenvalue weighted by molar-refractivity contribution is 7.18. The highest BCUT2D eigenvalue weighted by Gasteiger charge is 2.28. The van der Waals surface area contributed by atoms with Gasteiger partial charge in [-0.05, 0) is 31.5 Å². The van der Waals surface area contributed by atoms with Crippen LogP contribution in [0.5, 0.6) is 0 Å². The maximum absolute atomic E-state index is 12.6. The minimum Gasteiger partial charge on any atom is -0.321 e. The number of carbonyl (C=O) groups excluding carboxylic acids is 1. The van der Waals surface area contributed by atoms with Crippen LogP contribution in [-0.2, 0) is 12.0 Å². The summed E-state index contributed by atoms with van der Waals surface area (Å²) >= 11 is 2.99. The van der Waals surface area contributed by atoms with Crippen LogP contribution in [0, 0.1) is 0 Å². The Morgan fingerprint density at radius 2 is 1.76 bits per heavy atom. The fourth-order valence-electron chi connectivity index (χ4n) is 2.95. The zero-order chi connectivity index (χ0) is 20.4. The monoisotopic (exact) mass is 423 g/mol. The molecule has 1 N–H and O–H groups in total. The molecule has 2 heterocycles. The topological polar surface area (TPSA) is 71.0 Å². The molecule has 0 atom stereocenters. The molecule has 0 saturated heterocycles. The molecule has 0 aliphatic heterocycles. The summed E-state index contributed by atoms with van der Waals surface area (Å²) in [5, 5.41) is 13.6. The summed E-state index contributed by atoms with van der Waals surface area (Å²) in [6.45, 7) is 4.65. The van der Waals surface area contributed by atoms with Gasteiger partial charge in [-0.1, -0.05) is 53.8 Å². The van der Waals surface area contributed by atoms with Crippen LogP contribution in [0.4, 0.5) is 9.93 Å². The Labute approximate surface area is 177 Å². The largest absolute Gasteiger partial charge is 0.323 e. The molecule has 2 aromatic heterocycles. The Morgan fingerprint density at radius 1 is 1.03 bits per heavy atom. The van der Waals surface area contributed by atoms with Crippen LogP contribution < -0.4 is 5.32 Å². The van der Waals surface area contributed by atoms with Gasteiger partial charge < -0.3 is 4.90 Å². The number of benzene rings is 2. The van der Waals surface area contributed by atoms with Crippen molar-refractivity contribution in [2.45, 2.75) is 25.8 Å². The fraction of sp³-hybridized carbons (Fsp3) is 0.238. The summed E-state index contributed by atoms with van der Waals surface area (Å²) in [5.41, 5.74) is 1.83. The van der Waals surface area contributed by atoms with Crippen molar-refractivity contribution in [3.8, 4) is 0 Å². The van der Waals surface area contributed by atoms with Crippen LogP contribution in [0.25, 0.3) is 10.2 Å². The van der Waals surface area contributed by atoms with E-state index in [0.29, 0.717) is 11.7 Å². The van der Waals surface area contributed by atoms with Gasteiger partial charge in [0.15, 0.2) is 0 Å². The van der Waals surface area contributed by atoms with Crippen LogP contribution in [0.1, 0.15) is 29.4 Å². The highest BCUT2D eigenvalue weighted by Crippen LogP contribution is 2.34. The van der Waals surface area contributed by atoms with Gasteiger partial charge in [-0.25, -0.2) is 9.78 Å². The van der Waals surface area contributed by atoms with Gasteiger partial charge in [-0.15, -0.1) is 21.5 Å². The molecular formula is C21H21N5OS2. The van der Waals surface area contributed by atoms with E-state index in [0.717, 1.165) is 25.8 Å². The predicted molar refractivity (Wildman–Crippen MR) is 119 cm³/mol. The van der Waals surface area contributed by atoms with E-state index >= 15 is 0 Å². The molecule has 4 rings (SSSR count). The van der Waals surface area contributed by atoms with Crippen molar-refractivity contribution in [3.63, 3.8) is 0 Å². The molecule has 0 saturated carbocycles. The normalized spacial score (nSPS) is 11.6. The first-order valence-corrected chi connectivity index (χ1v) is 10.8. The number of anilines is 1. The van der Waals surface area contributed by atoms with E-state index in [4.69, 9.17) is 0 Å². The number of nitrogens with one attached hydrogen (secondary N) is 1.